The largest absolute Gasteiger partial charge is 0.501 e. The molecule has 0 fully saturated rings. The lowest BCUT2D eigenvalue weighted by Crippen LogP contribution is -1.91. The van der Waals surface area contributed by atoms with E-state index in [0.29, 0.717) is 0 Å². The van der Waals surface area contributed by atoms with E-state index in [9.17, 15) is 10.1 Å². The summed E-state index contributed by atoms with van der Waals surface area (Å²) in [6, 6.07) is 2.55. The Morgan fingerprint density at radius 2 is 2.27 bits per heavy atom. The Morgan fingerprint density at radius 1 is 1.64 bits per heavy atom. The maximum atomic E-state index is 10.1. The third kappa shape index (κ3) is 1.53. The topological polar surface area (TPSA) is 79.2 Å². The Morgan fingerprint density at radius 3 is 2.73 bits per heavy atom. The first-order chi connectivity index (χ1) is 5.11. The molecule has 0 aromatic carbocycles. The Balaban J connectivity index is 3.35. The molecule has 1 aromatic heterocycles. The standard InChI is InChI=1S/C5H4N2O3S/c8-3-1-2-4(11)6-5(3)7(9)10/h1-2,8H,(H,6,11). The van der Waals surface area contributed by atoms with Gasteiger partial charge in [-0.25, -0.2) is 4.98 Å². The molecule has 1 aromatic rings. The third-order valence-electron chi connectivity index (χ3n) is 1.06. The minimum atomic E-state index is -0.731. The van der Waals surface area contributed by atoms with Crippen molar-refractivity contribution in [2.75, 3.05) is 0 Å². The molecule has 11 heavy (non-hydrogen) atoms. The van der Waals surface area contributed by atoms with Crippen LogP contribution >= 0.6 is 12.2 Å². The highest BCUT2D eigenvalue weighted by Crippen LogP contribution is 2.20. The average molecular weight is 172 g/mol. The number of hydrogen-bond donors (Lipinski definition) is 2. The molecule has 2 N–H and O–H groups in total. The van der Waals surface area contributed by atoms with Crippen molar-refractivity contribution in [2.45, 2.75) is 0 Å². The minimum Gasteiger partial charge on any atom is -0.501 e. The van der Waals surface area contributed by atoms with E-state index in [1.165, 1.54) is 12.1 Å². The summed E-state index contributed by atoms with van der Waals surface area (Å²) in [6.45, 7) is 0. The molecule has 0 aliphatic heterocycles. The van der Waals surface area contributed by atoms with Crippen LogP contribution in [0, 0.1) is 14.8 Å². The van der Waals surface area contributed by atoms with Crippen LogP contribution in [0.4, 0.5) is 5.82 Å². The molecule has 0 spiro atoms. The quantitative estimate of drug-likeness (QED) is 0.380. The molecule has 5 nitrogen and oxygen atoms in total. The van der Waals surface area contributed by atoms with Crippen LogP contribution in [-0.4, -0.2) is 15.0 Å². The van der Waals surface area contributed by atoms with Gasteiger partial charge in [0.1, 0.15) is 0 Å². The maximum Gasteiger partial charge on any atom is 0.363 e. The normalized spacial score (nSPS) is 9.45. The Labute approximate surface area is 66.5 Å². The highest BCUT2D eigenvalue weighted by Gasteiger charge is 2.09. The van der Waals surface area contributed by atoms with Crippen molar-refractivity contribution < 1.29 is 10.0 Å². The molecule has 1 heterocycles. The number of nitro groups is 1. The number of aromatic amines is 1. The fraction of sp³-hybridized carbons (Fsp3) is 0. The first-order valence-electron chi connectivity index (χ1n) is 2.68. The van der Waals surface area contributed by atoms with Gasteiger partial charge in [0.2, 0.25) is 5.75 Å². The molecule has 0 radical (unpaired) electrons. The van der Waals surface area contributed by atoms with Crippen molar-refractivity contribution in [1.29, 1.82) is 0 Å². The highest BCUT2D eigenvalue weighted by atomic mass is 32.1. The van der Waals surface area contributed by atoms with Crippen LogP contribution in [0.2, 0.25) is 0 Å². The van der Waals surface area contributed by atoms with Crippen molar-refractivity contribution in [3.63, 3.8) is 0 Å². The Hall–Kier alpha value is -1.43. The summed E-state index contributed by atoms with van der Waals surface area (Å²) in [5.74, 6) is -0.888. The predicted octanol–water partition coefficient (Wildman–Crippen LogP) is 1.36. The summed E-state index contributed by atoms with van der Waals surface area (Å²) >= 11 is 4.61. The van der Waals surface area contributed by atoms with E-state index in [-0.39, 0.29) is 4.64 Å². The molecule has 0 amide bonds. The van der Waals surface area contributed by atoms with Gasteiger partial charge in [-0.1, -0.05) is 0 Å². The van der Waals surface area contributed by atoms with E-state index in [0.717, 1.165) is 0 Å². The fourth-order valence-electron chi connectivity index (χ4n) is 0.595. The van der Waals surface area contributed by atoms with E-state index < -0.39 is 16.5 Å². The van der Waals surface area contributed by atoms with Crippen LogP contribution in [0.15, 0.2) is 12.1 Å². The van der Waals surface area contributed by atoms with Crippen LogP contribution in [0.5, 0.6) is 5.75 Å². The maximum absolute atomic E-state index is 10.1. The van der Waals surface area contributed by atoms with E-state index >= 15 is 0 Å². The van der Waals surface area contributed by atoms with Crippen LogP contribution < -0.4 is 0 Å². The van der Waals surface area contributed by atoms with Gasteiger partial charge in [0.15, 0.2) is 4.64 Å². The number of nitrogens with zero attached hydrogens (tertiary/aromatic N) is 1. The van der Waals surface area contributed by atoms with Gasteiger partial charge in [-0.3, -0.25) is 0 Å². The molecule has 58 valence electrons. The highest BCUT2D eigenvalue weighted by molar-refractivity contribution is 7.71. The third-order valence-corrected chi connectivity index (χ3v) is 1.30. The predicted molar refractivity (Wildman–Crippen MR) is 39.9 cm³/mol. The van der Waals surface area contributed by atoms with Gasteiger partial charge in [-0.15, -0.1) is 0 Å². The summed E-state index contributed by atoms with van der Waals surface area (Å²) in [5, 5.41) is 19.0. The zero-order chi connectivity index (χ0) is 8.43. The van der Waals surface area contributed by atoms with E-state index in [4.69, 9.17) is 5.11 Å². The summed E-state index contributed by atoms with van der Waals surface area (Å²) in [7, 11) is 0. The van der Waals surface area contributed by atoms with Gasteiger partial charge in [0, 0.05) is 6.07 Å². The molecule has 6 heteroatoms. The number of pyridine rings is 1. The number of nitrogens with one attached hydrogen (secondary N) is 1. The number of hydrogen-bond acceptors (Lipinski definition) is 4. The van der Waals surface area contributed by atoms with Crippen molar-refractivity contribution >= 4 is 18.0 Å². The van der Waals surface area contributed by atoms with Crippen molar-refractivity contribution in [2.24, 2.45) is 0 Å². The van der Waals surface area contributed by atoms with Gasteiger partial charge in [-0.2, -0.15) is 0 Å². The van der Waals surface area contributed by atoms with E-state index in [2.05, 4.69) is 17.2 Å². The average Bonchev–Trinajstić information content (AvgIpc) is 1.94. The van der Waals surface area contributed by atoms with Crippen LogP contribution in [-0.2, 0) is 0 Å². The van der Waals surface area contributed by atoms with Gasteiger partial charge >= 0.3 is 5.82 Å². The fourth-order valence-corrected chi connectivity index (χ4v) is 0.760. The summed E-state index contributed by atoms with van der Waals surface area (Å²) in [6.07, 6.45) is 0. The smallest absolute Gasteiger partial charge is 0.363 e. The second-order valence-electron chi connectivity index (χ2n) is 1.81. The molecule has 0 saturated heterocycles. The number of aromatic hydroxyl groups is 1. The molecule has 1 rings (SSSR count). The Kier molecular flexibility index (Phi) is 1.86. The molecule has 0 bridgehead atoms. The molecular weight excluding hydrogens is 168 g/mol. The number of aromatic nitrogens is 1. The molecule has 0 aliphatic carbocycles. The van der Waals surface area contributed by atoms with Crippen molar-refractivity contribution in [3.05, 3.63) is 26.9 Å². The summed E-state index contributed by atoms with van der Waals surface area (Å²) < 4.78 is 0.217. The first kappa shape index (κ1) is 7.67. The molecule has 0 saturated carbocycles. The van der Waals surface area contributed by atoms with Crippen molar-refractivity contribution in [3.8, 4) is 5.75 Å². The number of H-pyrrole nitrogens is 1. The first-order valence-corrected chi connectivity index (χ1v) is 3.09. The lowest BCUT2D eigenvalue weighted by molar-refractivity contribution is -0.390. The monoisotopic (exact) mass is 172 g/mol. The van der Waals surface area contributed by atoms with E-state index in [1.807, 2.05) is 0 Å². The van der Waals surface area contributed by atoms with Crippen LogP contribution in [0.25, 0.3) is 0 Å². The van der Waals surface area contributed by atoms with Gasteiger partial charge in [0.25, 0.3) is 0 Å². The lowest BCUT2D eigenvalue weighted by atomic mass is 10.4. The molecule has 0 aliphatic rings. The summed E-state index contributed by atoms with van der Waals surface area (Å²) in [4.78, 5) is 11.7. The lowest BCUT2D eigenvalue weighted by Gasteiger charge is -1.94. The zero-order valence-electron chi connectivity index (χ0n) is 5.27. The van der Waals surface area contributed by atoms with Crippen molar-refractivity contribution in [1.82, 2.24) is 4.98 Å². The van der Waals surface area contributed by atoms with E-state index in [1.54, 1.807) is 0 Å². The zero-order valence-corrected chi connectivity index (χ0v) is 6.09. The summed E-state index contributed by atoms with van der Waals surface area (Å²) in [5.41, 5.74) is 0. The van der Waals surface area contributed by atoms with Crippen LogP contribution in [0.1, 0.15) is 0 Å². The van der Waals surface area contributed by atoms with Gasteiger partial charge in [0.05, 0.1) is 0 Å². The molecule has 0 unspecified atom stereocenters. The number of rotatable bonds is 1. The molecular formula is C5H4N2O3S. The molecule has 0 atom stereocenters. The second-order valence-corrected chi connectivity index (χ2v) is 2.25. The van der Waals surface area contributed by atoms with Crippen LogP contribution in [0.3, 0.4) is 0 Å². The minimum absolute atomic E-state index is 0.217. The second kappa shape index (κ2) is 2.67. The van der Waals surface area contributed by atoms with Gasteiger partial charge in [-0.05, 0) is 23.2 Å². The SMILES string of the molecule is O=[N+]([O-])c1[nH]c(=S)ccc1O. The van der Waals surface area contributed by atoms with Gasteiger partial charge < -0.3 is 15.2 Å². The Bertz CT molecular complexity index is 346.